The van der Waals surface area contributed by atoms with Gasteiger partial charge in [0.15, 0.2) is 18.1 Å². The number of methoxy groups -OCH3 is 1. The summed E-state index contributed by atoms with van der Waals surface area (Å²) < 4.78 is 29.6. The van der Waals surface area contributed by atoms with Gasteiger partial charge in [0.1, 0.15) is 11.4 Å². The van der Waals surface area contributed by atoms with E-state index in [1.54, 1.807) is 30.3 Å². The lowest BCUT2D eigenvalue weighted by molar-refractivity contribution is -0.139. The van der Waals surface area contributed by atoms with Gasteiger partial charge in [0.05, 0.1) is 7.11 Å². The molecule has 0 radical (unpaired) electrons. The van der Waals surface area contributed by atoms with Crippen molar-refractivity contribution in [2.24, 2.45) is 0 Å². The Morgan fingerprint density at radius 1 is 1.06 bits per heavy atom. The number of nitrogens with zero attached hydrogens (tertiary/aromatic N) is 2. The molecule has 1 aromatic heterocycles. The maximum absolute atomic E-state index is 13.2. The molecule has 0 unspecified atom stereocenters. The molecule has 0 bridgehead atoms. The second kappa shape index (κ2) is 9.62. The summed E-state index contributed by atoms with van der Waals surface area (Å²) in [7, 11) is 1.51. The van der Waals surface area contributed by atoms with Crippen molar-refractivity contribution in [3.05, 3.63) is 70.3 Å². The molecule has 2 heterocycles. The molecule has 8 heteroatoms. The Kier molecular flexibility index (Phi) is 6.65. The lowest BCUT2D eigenvalue weighted by Crippen LogP contribution is -2.58. The van der Waals surface area contributed by atoms with E-state index in [2.05, 4.69) is 11.8 Å². The number of hydrogen-bond donors (Lipinski definition) is 0. The summed E-state index contributed by atoms with van der Waals surface area (Å²) in [5, 5.41) is 0.699. The van der Waals surface area contributed by atoms with Gasteiger partial charge in [0, 0.05) is 49.2 Å². The third kappa shape index (κ3) is 5.17. The van der Waals surface area contributed by atoms with Crippen molar-refractivity contribution in [1.82, 2.24) is 9.80 Å². The number of hydrogen-bond acceptors (Lipinski definition) is 6. The van der Waals surface area contributed by atoms with Crippen LogP contribution >= 0.6 is 0 Å². The SMILES string of the molecule is COc1cc2ccc(=O)oc2cc1OCC(=O)N1C[C@H](C)N(Cc2ccc(F)cc2)C[C@H]1C. The number of rotatable bonds is 6. The van der Waals surface area contributed by atoms with Crippen molar-refractivity contribution in [3.63, 3.8) is 0 Å². The number of halogens is 1. The summed E-state index contributed by atoms with van der Waals surface area (Å²) in [6, 6.07) is 12.9. The van der Waals surface area contributed by atoms with Crippen molar-refractivity contribution in [2.75, 3.05) is 26.8 Å². The fraction of sp³-hybridized carbons (Fsp3) is 0.360. The lowest BCUT2D eigenvalue weighted by atomic mass is 10.1. The van der Waals surface area contributed by atoms with Gasteiger partial charge in [-0.2, -0.15) is 0 Å². The quantitative estimate of drug-likeness (QED) is 0.532. The molecule has 2 aromatic carbocycles. The molecular weight excluding hydrogens is 427 g/mol. The summed E-state index contributed by atoms with van der Waals surface area (Å²) in [4.78, 5) is 28.6. The minimum Gasteiger partial charge on any atom is -0.493 e. The number of fused-ring (bicyclic) bond motifs is 1. The van der Waals surface area contributed by atoms with Gasteiger partial charge in [0.2, 0.25) is 0 Å². The molecule has 0 spiro atoms. The van der Waals surface area contributed by atoms with Crippen molar-refractivity contribution in [2.45, 2.75) is 32.5 Å². The van der Waals surface area contributed by atoms with Gasteiger partial charge in [-0.15, -0.1) is 0 Å². The molecule has 1 aliphatic rings. The van der Waals surface area contributed by atoms with E-state index in [-0.39, 0.29) is 30.4 Å². The van der Waals surface area contributed by atoms with Crippen LogP contribution in [0.2, 0.25) is 0 Å². The first-order chi connectivity index (χ1) is 15.8. The molecule has 3 aromatic rings. The number of ether oxygens (including phenoxy) is 2. The first-order valence-corrected chi connectivity index (χ1v) is 10.9. The normalized spacial score (nSPS) is 19.0. The van der Waals surface area contributed by atoms with E-state index in [4.69, 9.17) is 13.9 Å². The zero-order valence-electron chi connectivity index (χ0n) is 18.9. The molecule has 1 amide bonds. The second-order valence-corrected chi connectivity index (χ2v) is 8.38. The highest BCUT2D eigenvalue weighted by Crippen LogP contribution is 2.32. The van der Waals surface area contributed by atoms with Crippen molar-refractivity contribution >= 4 is 16.9 Å². The molecule has 0 N–H and O–H groups in total. The number of amides is 1. The van der Waals surface area contributed by atoms with Gasteiger partial charge >= 0.3 is 5.63 Å². The molecule has 0 saturated carbocycles. The van der Waals surface area contributed by atoms with Gasteiger partial charge in [-0.25, -0.2) is 9.18 Å². The standard InChI is InChI=1S/C25H27FN2O5/c1-16-13-28(17(2)12-27(16)14-18-4-7-20(26)8-5-18)24(29)15-32-23-11-21-19(10-22(23)31-3)6-9-25(30)33-21/h4-11,16-17H,12-15H2,1-3H3/t16-,17+/m0/s1. The van der Waals surface area contributed by atoms with E-state index in [0.717, 1.165) is 5.56 Å². The minimum absolute atomic E-state index is 0.00531. The monoisotopic (exact) mass is 454 g/mol. The average molecular weight is 454 g/mol. The highest BCUT2D eigenvalue weighted by Gasteiger charge is 2.32. The van der Waals surface area contributed by atoms with Gasteiger partial charge in [-0.3, -0.25) is 9.69 Å². The van der Waals surface area contributed by atoms with Crippen LogP contribution in [0, 0.1) is 5.82 Å². The van der Waals surface area contributed by atoms with Crippen molar-refractivity contribution < 1.29 is 23.1 Å². The van der Waals surface area contributed by atoms with Crippen LogP contribution < -0.4 is 15.1 Å². The average Bonchev–Trinajstić information content (AvgIpc) is 2.80. The molecule has 174 valence electrons. The topological polar surface area (TPSA) is 72.2 Å². The van der Waals surface area contributed by atoms with Crippen LogP contribution in [0.5, 0.6) is 11.5 Å². The van der Waals surface area contributed by atoms with Crippen LogP contribution in [0.15, 0.2) is 57.7 Å². The third-order valence-corrected chi connectivity index (χ3v) is 5.99. The maximum atomic E-state index is 13.2. The Morgan fingerprint density at radius 2 is 1.82 bits per heavy atom. The third-order valence-electron chi connectivity index (χ3n) is 5.99. The van der Waals surface area contributed by atoms with E-state index in [0.29, 0.717) is 42.1 Å². The van der Waals surface area contributed by atoms with Gasteiger partial charge in [-0.1, -0.05) is 12.1 Å². The first-order valence-electron chi connectivity index (χ1n) is 10.9. The van der Waals surface area contributed by atoms with E-state index in [1.807, 2.05) is 11.8 Å². The predicted octanol–water partition coefficient (Wildman–Crippen LogP) is 3.44. The molecule has 4 rings (SSSR count). The zero-order valence-corrected chi connectivity index (χ0v) is 18.9. The Morgan fingerprint density at radius 3 is 2.55 bits per heavy atom. The number of carbonyl (C=O) groups is 1. The molecule has 1 fully saturated rings. The first kappa shape index (κ1) is 22.8. The lowest BCUT2D eigenvalue weighted by Gasteiger charge is -2.44. The zero-order chi connectivity index (χ0) is 23.5. The fourth-order valence-electron chi connectivity index (χ4n) is 4.16. The highest BCUT2D eigenvalue weighted by atomic mass is 19.1. The number of benzene rings is 2. The van der Waals surface area contributed by atoms with Crippen molar-refractivity contribution in [3.8, 4) is 11.5 Å². The molecule has 7 nitrogen and oxygen atoms in total. The van der Waals surface area contributed by atoms with Crippen LogP contribution in [0.4, 0.5) is 4.39 Å². The Bertz CT molecular complexity index is 1190. The van der Waals surface area contributed by atoms with Crippen LogP contribution in [0.3, 0.4) is 0 Å². The minimum atomic E-state index is -0.462. The smallest absolute Gasteiger partial charge is 0.336 e. The van der Waals surface area contributed by atoms with E-state index in [9.17, 15) is 14.0 Å². The number of carbonyl (C=O) groups excluding carboxylic acids is 1. The Labute approximate surface area is 191 Å². The molecule has 1 aliphatic heterocycles. The predicted molar refractivity (Wildman–Crippen MR) is 122 cm³/mol. The van der Waals surface area contributed by atoms with Crippen LogP contribution in [0.1, 0.15) is 19.4 Å². The van der Waals surface area contributed by atoms with E-state index < -0.39 is 5.63 Å². The Hall–Kier alpha value is -3.39. The van der Waals surface area contributed by atoms with Crippen molar-refractivity contribution in [1.29, 1.82) is 0 Å². The van der Waals surface area contributed by atoms with Gasteiger partial charge < -0.3 is 18.8 Å². The van der Waals surface area contributed by atoms with Crippen LogP contribution in [0.25, 0.3) is 11.0 Å². The van der Waals surface area contributed by atoms with E-state index >= 15 is 0 Å². The van der Waals surface area contributed by atoms with E-state index in [1.165, 1.54) is 25.3 Å². The second-order valence-electron chi connectivity index (χ2n) is 8.38. The van der Waals surface area contributed by atoms with Gasteiger partial charge in [-0.05, 0) is 43.7 Å². The summed E-state index contributed by atoms with van der Waals surface area (Å²) in [6.45, 7) is 5.89. The summed E-state index contributed by atoms with van der Waals surface area (Å²) in [5.74, 6) is 0.409. The number of piperazine rings is 1. The summed E-state index contributed by atoms with van der Waals surface area (Å²) >= 11 is 0. The summed E-state index contributed by atoms with van der Waals surface area (Å²) in [6.07, 6.45) is 0. The summed E-state index contributed by atoms with van der Waals surface area (Å²) in [5.41, 5.74) is 0.937. The molecule has 1 saturated heterocycles. The molecular formula is C25H27FN2O5. The molecule has 0 aliphatic carbocycles. The molecule has 33 heavy (non-hydrogen) atoms. The molecule has 2 atom stereocenters. The van der Waals surface area contributed by atoms with Crippen LogP contribution in [-0.2, 0) is 11.3 Å². The fourth-order valence-corrected chi connectivity index (χ4v) is 4.16. The highest BCUT2D eigenvalue weighted by molar-refractivity contribution is 5.82. The van der Waals surface area contributed by atoms with Gasteiger partial charge in [0.25, 0.3) is 5.91 Å². The largest absolute Gasteiger partial charge is 0.493 e. The maximum Gasteiger partial charge on any atom is 0.336 e. The Balaban J connectivity index is 1.40. The van der Waals surface area contributed by atoms with Crippen LogP contribution in [-0.4, -0.2) is 54.6 Å².